The molecule has 0 aliphatic carbocycles. The van der Waals surface area contributed by atoms with Gasteiger partial charge in [-0.3, -0.25) is 0 Å². The SMILES string of the molecule is CCOC(C)(CC)c1noc(C(O)CCN)n1. The molecule has 0 saturated carbocycles. The molecule has 0 bridgehead atoms. The van der Waals surface area contributed by atoms with Crippen LogP contribution in [0.3, 0.4) is 0 Å². The average Bonchev–Trinajstić information content (AvgIpc) is 2.79. The van der Waals surface area contributed by atoms with Gasteiger partial charge in [-0.1, -0.05) is 12.1 Å². The number of rotatable bonds is 7. The van der Waals surface area contributed by atoms with Crippen molar-refractivity contribution >= 4 is 0 Å². The van der Waals surface area contributed by atoms with Crippen molar-refractivity contribution < 1.29 is 14.4 Å². The normalized spacial score (nSPS) is 16.8. The van der Waals surface area contributed by atoms with Gasteiger partial charge in [-0.25, -0.2) is 0 Å². The molecule has 1 rings (SSSR count). The Kier molecular flexibility index (Phi) is 5.04. The molecule has 3 N–H and O–H groups in total. The van der Waals surface area contributed by atoms with E-state index in [0.717, 1.165) is 6.42 Å². The van der Waals surface area contributed by atoms with Crippen LogP contribution in [0.1, 0.15) is 51.4 Å². The molecule has 0 radical (unpaired) electrons. The predicted octanol–water partition coefficient (Wildman–Crippen LogP) is 1.11. The Labute approximate surface area is 101 Å². The predicted molar refractivity (Wildman–Crippen MR) is 62.2 cm³/mol. The number of aliphatic hydroxyl groups excluding tert-OH is 1. The number of hydrogen-bond donors (Lipinski definition) is 2. The topological polar surface area (TPSA) is 94.4 Å². The molecule has 0 saturated heterocycles. The Bertz CT molecular complexity index is 342. The molecular weight excluding hydrogens is 222 g/mol. The van der Waals surface area contributed by atoms with E-state index >= 15 is 0 Å². The second-order valence-electron chi connectivity index (χ2n) is 4.07. The van der Waals surface area contributed by atoms with Crippen LogP contribution in [-0.2, 0) is 10.3 Å². The Morgan fingerprint density at radius 1 is 1.53 bits per heavy atom. The molecule has 0 aliphatic heterocycles. The van der Waals surface area contributed by atoms with Gasteiger partial charge in [0.25, 0.3) is 5.89 Å². The van der Waals surface area contributed by atoms with E-state index in [0.29, 0.717) is 25.4 Å². The molecule has 98 valence electrons. The van der Waals surface area contributed by atoms with Crippen LogP contribution < -0.4 is 5.73 Å². The van der Waals surface area contributed by atoms with Crippen LogP contribution in [-0.4, -0.2) is 28.4 Å². The first-order valence-corrected chi connectivity index (χ1v) is 5.93. The third kappa shape index (κ3) is 3.24. The van der Waals surface area contributed by atoms with E-state index in [1.165, 1.54) is 0 Å². The molecule has 1 aromatic rings. The van der Waals surface area contributed by atoms with Gasteiger partial charge in [-0.2, -0.15) is 4.98 Å². The van der Waals surface area contributed by atoms with Crippen molar-refractivity contribution in [1.82, 2.24) is 10.1 Å². The highest BCUT2D eigenvalue weighted by atomic mass is 16.5. The number of hydrogen-bond acceptors (Lipinski definition) is 6. The summed E-state index contributed by atoms with van der Waals surface area (Å²) < 4.78 is 10.7. The van der Waals surface area contributed by atoms with Crippen LogP contribution in [0.15, 0.2) is 4.52 Å². The molecule has 17 heavy (non-hydrogen) atoms. The smallest absolute Gasteiger partial charge is 0.255 e. The molecule has 0 aromatic carbocycles. The first kappa shape index (κ1) is 14.1. The maximum atomic E-state index is 9.69. The average molecular weight is 243 g/mol. The highest BCUT2D eigenvalue weighted by Gasteiger charge is 2.31. The van der Waals surface area contributed by atoms with Crippen molar-refractivity contribution in [3.05, 3.63) is 11.7 Å². The summed E-state index contributed by atoms with van der Waals surface area (Å²) in [6, 6.07) is 0. The van der Waals surface area contributed by atoms with Crippen LogP contribution in [0, 0.1) is 0 Å². The van der Waals surface area contributed by atoms with Crippen LogP contribution >= 0.6 is 0 Å². The summed E-state index contributed by atoms with van der Waals surface area (Å²) in [5.41, 5.74) is 4.79. The van der Waals surface area contributed by atoms with Crippen LogP contribution in [0.4, 0.5) is 0 Å². The van der Waals surface area contributed by atoms with Crippen LogP contribution in [0.5, 0.6) is 0 Å². The van der Waals surface area contributed by atoms with Gasteiger partial charge in [0.15, 0.2) is 0 Å². The van der Waals surface area contributed by atoms with Crippen LogP contribution in [0.2, 0.25) is 0 Å². The van der Waals surface area contributed by atoms with Gasteiger partial charge in [-0.05, 0) is 33.2 Å². The first-order chi connectivity index (χ1) is 8.07. The summed E-state index contributed by atoms with van der Waals surface area (Å²) in [6.07, 6.45) is 0.329. The Morgan fingerprint density at radius 2 is 2.24 bits per heavy atom. The molecule has 0 spiro atoms. The van der Waals surface area contributed by atoms with Crippen molar-refractivity contribution in [2.24, 2.45) is 5.73 Å². The zero-order valence-corrected chi connectivity index (χ0v) is 10.6. The fourth-order valence-corrected chi connectivity index (χ4v) is 1.51. The van der Waals surface area contributed by atoms with Gasteiger partial charge in [0.2, 0.25) is 5.82 Å². The molecule has 1 aromatic heterocycles. The van der Waals surface area contributed by atoms with Crippen molar-refractivity contribution in [3.8, 4) is 0 Å². The molecule has 0 aliphatic rings. The molecule has 2 atom stereocenters. The molecule has 0 fully saturated rings. The maximum absolute atomic E-state index is 9.69. The Hall–Kier alpha value is -0.980. The second-order valence-corrected chi connectivity index (χ2v) is 4.07. The molecule has 6 heteroatoms. The summed E-state index contributed by atoms with van der Waals surface area (Å²) in [4.78, 5) is 4.18. The molecule has 0 amide bonds. The van der Waals surface area contributed by atoms with Crippen molar-refractivity contribution in [1.29, 1.82) is 0 Å². The second kappa shape index (κ2) is 6.09. The summed E-state index contributed by atoms with van der Waals surface area (Å²) in [7, 11) is 0. The summed E-state index contributed by atoms with van der Waals surface area (Å²) >= 11 is 0. The minimum Gasteiger partial charge on any atom is -0.383 e. The van der Waals surface area contributed by atoms with E-state index in [9.17, 15) is 5.11 Å². The minimum absolute atomic E-state index is 0.199. The lowest BCUT2D eigenvalue weighted by Gasteiger charge is -2.23. The standard InChI is InChI=1S/C11H21N3O3/c1-4-11(3,16-5-2)10-13-9(17-14-10)8(15)6-7-12/h8,15H,4-7,12H2,1-3H3. The molecule has 2 unspecified atom stereocenters. The quantitative estimate of drug-likeness (QED) is 0.745. The number of ether oxygens (including phenoxy) is 1. The lowest BCUT2D eigenvalue weighted by molar-refractivity contribution is -0.0403. The third-order valence-corrected chi connectivity index (χ3v) is 2.78. The largest absolute Gasteiger partial charge is 0.383 e. The van der Waals surface area contributed by atoms with Gasteiger partial charge in [0, 0.05) is 6.61 Å². The van der Waals surface area contributed by atoms with E-state index in [-0.39, 0.29) is 5.89 Å². The fourth-order valence-electron chi connectivity index (χ4n) is 1.51. The fraction of sp³-hybridized carbons (Fsp3) is 0.818. The highest BCUT2D eigenvalue weighted by molar-refractivity contribution is 5.00. The zero-order valence-electron chi connectivity index (χ0n) is 10.6. The Balaban J connectivity index is 2.85. The monoisotopic (exact) mass is 243 g/mol. The van der Waals surface area contributed by atoms with E-state index in [2.05, 4.69) is 10.1 Å². The third-order valence-electron chi connectivity index (χ3n) is 2.78. The highest BCUT2D eigenvalue weighted by Crippen LogP contribution is 2.27. The zero-order chi connectivity index (χ0) is 12.9. The van der Waals surface area contributed by atoms with Gasteiger partial charge in [0.1, 0.15) is 11.7 Å². The van der Waals surface area contributed by atoms with Gasteiger partial charge in [-0.15, -0.1) is 0 Å². The lowest BCUT2D eigenvalue weighted by Crippen LogP contribution is -2.26. The maximum Gasteiger partial charge on any atom is 0.255 e. The molecule has 1 heterocycles. The van der Waals surface area contributed by atoms with E-state index < -0.39 is 11.7 Å². The Morgan fingerprint density at radius 3 is 2.76 bits per heavy atom. The van der Waals surface area contributed by atoms with Crippen LogP contribution in [0.25, 0.3) is 0 Å². The summed E-state index contributed by atoms with van der Waals surface area (Å²) in [6.45, 7) is 6.75. The van der Waals surface area contributed by atoms with E-state index in [1.54, 1.807) is 0 Å². The van der Waals surface area contributed by atoms with Gasteiger partial charge < -0.3 is 20.1 Å². The first-order valence-electron chi connectivity index (χ1n) is 5.93. The molecule has 6 nitrogen and oxygen atoms in total. The number of aliphatic hydroxyl groups is 1. The number of nitrogens with zero attached hydrogens (tertiary/aromatic N) is 2. The van der Waals surface area contributed by atoms with Crippen molar-refractivity contribution in [3.63, 3.8) is 0 Å². The minimum atomic E-state index is -0.802. The lowest BCUT2D eigenvalue weighted by atomic mass is 10.0. The van der Waals surface area contributed by atoms with Gasteiger partial charge >= 0.3 is 0 Å². The van der Waals surface area contributed by atoms with Crippen molar-refractivity contribution in [2.45, 2.75) is 45.3 Å². The van der Waals surface area contributed by atoms with Crippen molar-refractivity contribution in [2.75, 3.05) is 13.2 Å². The number of aromatic nitrogens is 2. The van der Waals surface area contributed by atoms with E-state index in [4.69, 9.17) is 15.0 Å². The molecular formula is C11H21N3O3. The summed E-state index contributed by atoms with van der Waals surface area (Å²) in [5.74, 6) is 0.665. The van der Waals surface area contributed by atoms with Gasteiger partial charge in [0.05, 0.1) is 0 Å². The van der Waals surface area contributed by atoms with E-state index in [1.807, 2.05) is 20.8 Å². The summed E-state index contributed by atoms with van der Waals surface area (Å²) in [5, 5.41) is 13.6. The number of nitrogens with two attached hydrogens (primary N) is 1.